The molecule has 0 N–H and O–H groups in total. The van der Waals surface area contributed by atoms with Gasteiger partial charge in [-0.15, -0.1) is 4.57 Å². The molecule has 0 spiro atoms. The van der Waals surface area contributed by atoms with E-state index in [1.165, 1.54) is 4.57 Å². The number of fused-ring (bicyclic) bond motifs is 5. The van der Waals surface area contributed by atoms with E-state index in [2.05, 4.69) is 21.9 Å². The van der Waals surface area contributed by atoms with Gasteiger partial charge in [-0.25, -0.2) is 4.98 Å². The van der Waals surface area contributed by atoms with E-state index in [9.17, 15) is 4.79 Å². The second-order valence-electron chi connectivity index (χ2n) is 7.24. The minimum atomic E-state index is -0.150. The molecule has 0 amide bonds. The SMILES string of the molecule is O=c1cc(N2CCN3CCC2CC3)nc2cc(Cc3ccccc3)on12. The van der Waals surface area contributed by atoms with Gasteiger partial charge in [0, 0.05) is 50.8 Å². The lowest BCUT2D eigenvalue weighted by atomic mass is 10.1. The van der Waals surface area contributed by atoms with E-state index in [0.717, 1.165) is 56.2 Å². The van der Waals surface area contributed by atoms with Gasteiger partial charge in [-0.2, -0.15) is 0 Å². The first-order chi connectivity index (χ1) is 12.8. The van der Waals surface area contributed by atoms with Crippen molar-refractivity contribution in [1.29, 1.82) is 0 Å². The zero-order valence-corrected chi connectivity index (χ0v) is 14.7. The number of nitrogens with zero attached hydrogens (tertiary/aromatic N) is 4. The second kappa shape index (κ2) is 6.29. The Morgan fingerprint density at radius 2 is 1.85 bits per heavy atom. The van der Waals surface area contributed by atoms with Crippen LogP contribution in [0.15, 0.2) is 51.8 Å². The number of benzene rings is 1. The average molecular weight is 350 g/mol. The standard InChI is InChI=1S/C20H22N4O2/c25-20-14-18(23-11-10-22-8-6-16(23)7-9-22)21-19-13-17(26-24(19)20)12-15-4-2-1-3-5-15/h1-5,13-14,16H,6-12H2. The van der Waals surface area contributed by atoms with Crippen LogP contribution in [0.2, 0.25) is 0 Å². The summed E-state index contributed by atoms with van der Waals surface area (Å²) in [4.78, 5) is 22.2. The lowest BCUT2D eigenvalue weighted by Gasteiger charge is -2.31. The number of anilines is 1. The number of aromatic nitrogens is 2. The van der Waals surface area contributed by atoms with E-state index < -0.39 is 0 Å². The van der Waals surface area contributed by atoms with Crippen molar-refractivity contribution >= 4 is 11.5 Å². The van der Waals surface area contributed by atoms with E-state index >= 15 is 0 Å². The number of hydrogen-bond acceptors (Lipinski definition) is 5. The average Bonchev–Trinajstić information content (AvgIpc) is 2.84. The van der Waals surface area contributed by atoms with Gasteiger partial charge in [-0.05, 0) is 18.4 Å². The highest BCUT2D eigenvalue weighted by molar-refractivity contribution is 5.49. The Morgan fingerprint density at radius 3 is 2.65 bits per heavy atom. The maximum Gasteiger partial charge on any atom is 0.289 e. The topological polar surface area (TPSA) is 54.0 Å². The molecule has 0 aliphatic carbocycles. The van der Waals surface area contributed by atoms with Crippen molar-refractivity contribution < 1.29 is 4.52 Å². The van der Waals surface area contributed by atoms with Crippen LogP contribution in [0.4, 0.5) is 5.82 Å². The molecule has 134 valence electrons. The van der Waals surface area contributed by atoms with Gasteiger partial charge in [0.25, 0.3) is 5.56 Å². The third kappa shape index (κ3) is 2.80. The Bertz CT molecular complexity index is 970. The van der Waals surface area contributed by atoms with Crippen LogP contribution in [0.5, 0.6) is 0 Å². The summed E-state index contributed by atoms with van der Waals surface area (Å²) in [6, 6.07) is 14.1. The van der Waals surface area contributed by atoms with Gasteiger partial charge >= 0.3 is 0 Å². The van der Waals surface area contributed by atoms with Gasteiger partial charge in [-0.1, -0.05) is 30.3 Å². The Balaban J connectivity index is 1.49. The van der Waals surface area contributed by atoms with Crippen LogP contribution in [0, 0.1) is 0 Å². The smallest absolute Gasteiger partial charge is 0.289 e. The molecule has 3 fully saturated rings. The van der Waals surface area contributed by atoms with Crippen molar-refractivity contribution in [3.63, 3.8) is 0 Å². The van der Waals surface area contributed by atoms with Crippen molar-refractivity contribution in [3.8, 4) is 0 Å². The maximum atomic E-state index is 12.6. The van der Waals surface area contributed by atoms with Gasteiger partial charge in [0.1, 0.15) is 11.6 Å². The highest BCUT2D eigenvalue weighted by atomic mass is 16.5. The fourth-order valence-electron chi connectivity index (χ4n) is 4.16. The zero-order chi connectivity index (χ0) is 17.5. The second-order valence-corrected chi connectivity index (χ2v) is 7.24. The van der Waals surface area contributed by atoms with Crippen LogP contribution < -0.4 is 10.5 Å². The zero-order valence-electron chi connectivity index (χ0n) is 14.7. The minimum absolute atomic E-state index is 0.150. The fourth-order valence-corrected chi connectivity index (χ4v) is 4.16. The van der Waals surface area contributed by atoms with Gasteiger partial charge in [-0.3, -0.25) is 4.79 Å². The van der Waals surface area contributed by atoms with Gasteiger partial charge < -0.3 is 14.3 Å². The first-order valence-corrected chi connectivity index (χ1v) is 9.32. The maximum absolute atomic E-state index is 12.6. The minimum Gasteiger partial charge on any atom is -0.374 e. The van der Waals surface area contributed by atoms with Gasteiger partial charge in [0.15, 0.2) is 5.65 Å². The molecule has 2 bridgehead atoms. The summed E-state index contributed by atoms with van der Waals surface area (Å²) in [6.07, 6.45) is 2.94. The molecular formula is C20H22N4O2. The molecule has 3 aliphatic rings. The van der Waals surface area contributed by atoms with Crippen LogP contribution >= 0.6 is 0 Å². The summed E-state index contributed by atoms with van der Waals surface area (Å²) in [7, 11) is 0. The van der Waals surface area contributed by atoms with Gasteiger partial charge in [0.2, 0.25) is 0 Å². The van der Waals surface area contributed by atoms with E-state index in [0.29, 0.717) is 18.1 Å². The molecule has 2 aromatic heterocycles. The molecule has 3 aliphatic heterocycles. The lowest BCUT2D eigenvalue weighted by Crippen LogP contribution is -2.38. The molecule has 3 saturated heterocycles. The summed E-state index contributed by atoms with van der Waals surface area (Å²) in [5.41, 5.74) is 1.60. The van der Waals surface area contributed by atoms with Crippen molar-refractivity contribution in [2.75, 3.05) is 31.1 Å². The highest BCUT2D eigenvalue weighted by Gasteiger charge is 2.30. The summed E-state index contributed by atoms with van der Waals surface area (Å²) in [5.74, 6) is 1.54. The Morgan fingerprint density at radius 1 is 1.04 bits per heavy atom. The van der Waals surface area contributed by atoms with Crippen LogP contribution in [0.3, 0.4) is 0 Å². The van der Waals surface area contributed by atoms with Crippen molar-refractivity contribution in [1.82, 2.24) is 14.5 Å². The first-order valence-electron chi connectivity index (χ1n) is 9.32. The van der Waals surface area contributed by atoms with Crippen LogP contribution in [-0.2, 0) is 6.42 Å². The first kappa shape index (κ1) is 15.6. The summed E-state index contributed by atoms with van der Waals surface area (Å²) in [6.45, 7) is 4.27. The molecule has 0 radical (unpaired) electrons. The van der Waals surface area contributed by atoms with Crippen LogP contribution in [0.1, 0.15) is 24.2 Å². The molecule has 0 saturated carbocycles. The van der Waals surface area contributed by atoms with Crippen molar-refractivity contribution in [2.45, 2.75) is 25.3 Å². The molecular weight excluding hydrogens is 328 g/mol. The number of piperidine rings is 1. The largest absolute Gasteiger partial charge is 0.374 e. The van der Waals surface area contributed by atoms with Gasteiger partial charge in [0.05, 0.1) is 0 Å². The summed E-state index contributed by atoms with van der Waals surface area (Å²) < 4.78 is 7.05. The normalized spacial score (nSPS) is 22.7. The predicted molar refractivity (Wildman–Crippen MR) is 99.8 cm³/mol. The summed E-state index contributed by atoms with van der Waals surface area (Å²) in [5, 5.41) is 0. The molecule has 1 aromatic carbocycles. The van der Waals surface area contributed by atoms with Crippen LogP contribution in [-0.4, -0.2) is 46.7 Å². The van der Waals surface area contributed by atoms with Crippen molar-refractivity contribution in [2.24, 2.45) is 0 Å². The van der Waals surface area contributed by atoms with Crippen LogP contribution in [0.25, 0.3) is 5.65 Å². The fraction of sp³-hybridized carbons (Fsp3) is 0.400. The Hall–Kier alpha value is -2.60. The Kier molecular flexibility index (Phi) is 3.78. The van der Waals surface area contributed by atoms with Crippen molar-refractivity contribution in [3.05, 3.63) is 64.1 Å². The lowest BCUT2D eigenvalue weighted by molar-refractivity contribution is 0.250. The number of hydrogen-bond donors (Lipinski definition) is 0. The molecule has 6 heteroatoms. The van der Waals surface area contributed by atoms with E-state index in [4.69, 9.17) is 9.51 Å². The third-order valence-electron chi connectivity index (χ3n) is 5.56. The summed E-state index contributed by atoms with van der Waals surface area (Å²) >= 11 is 0. The molecule has 5 heterocycles. The molecule has 6 rings (SSSR count). The Labute approximate surface area is 151 Å². The number of rotatable bonds is 3. The van der Waals surface area contributed by atoms with E-state index in [-0.39, 0.29) is 5.56 Å². The molecule has 6 nitrogen and oxygen atoms in total. The highest BCUT2D eigenvalue weighted by Crippen LogP contribution is 2.25. The predicted octanol–water partition coefficient (Wildman–Crippen LogP) is 2.16. The molecule has 0 atom stereocenters. The monoisotopic (exact) mass is 350 g/mol. The quantitative estimate of drug-likeness (QED) is 0.725. The molecule has 3 aromatic rings. The molecule has 26 heavy (non-hydrogen) atoms. The van der Waals surface area contributed by atoms with E-state index in [1.54, 1.807) is 6.07 Å². The third-order valence-corrected chi connectivity index (χ3v) is 5.56. The van der Waals surface area contributed by atoms with E-state index in [1.807, 2.05) is 24.3 Å². The molecule has 0 unspecified atom stereocenters.